The first-order valence-electron chi connectivity index (χ1n) is 8.60. The molecule has 1 aliphatic heterocycles. The third-order valence-corrected chi connectivity index (χ3v) is 5.19. The van der Waals surface area contributed by atoms with Crippen LogP contribution in [0.4, 0.5) is 5.69 Å². The van der Waals surface area contributed by atoms with Crippen molar-refractivity contribution in [3.05, 3.63) is 59.9 Å². The van der Waals surface area contributed by atoms with Gasteiger partial charge in [0.2, 0.25) is 11.8 Å². The van der Waals surface area contributed by atoms with Gasteiger partial charge in [0.25, 0.3) is 0 Å². The molecule has 2 aliphatic rings. The molecule has 2 unspecified atom stereocenters. The van der Waals surface area contributed by atoms with Crippen LogP contribution in [0.25, 0.3) is 0 Å². The van der Waals surface area contributed by atoms with Gasteiger partial charge in [0.05, 0.1) is 17.5 Å². The number of carbonyl (C=O) groups excluding carboxylic acids is 2. The fraction of sp³-hybridized carbons (Fsp3) is 0.350. The zero-order valence-electron chi connectivity index (χ0n) is 13.5. The molecular weight excluding hydrogens is 300 g/mol. The van der Waals surface area contributed by atoms with Crippen LogP contribution < -0.4 is 4.90 Å². The third-order valence-electron chi connectivity index (χ3n) is 5.19. The van der Waals surface area contributed by atoms with Gasteiger partial charge in [-0.15, -0.1) is 0 Å². The van der Waals surface area contributed by atoms with Crippen molar-refractivity contribution < 1.29 is 9.59 Å². The minimum absolute atomic E-state index is 0.00779. The van der Waals surface area contributed by atoms with Crippen molar-refractivity contribution in [1.29, 1.82) is 0 Å². The van der Waals surface area contributed by atoms with E-state index >= 15 is 0 Å². The van der Waals surface area contributed by atoms with E-state index in [-0.39, 0.29) is 23.7 Å². The second kappa shape index (κ2) is 6.19. The summed E-state index contributed by atoms with van der Waals surface area (Å²) in [4.78, 5) is 30.7. The van der Waals surface area contributed by atoms with Crippen molar-refractivity contribution in [3.8, 4) is 0 Å². The summed E-state index contributed by atoms with van der Waals surface area (Å²) < 4.78 is 0. The number of amides is 2. The van der Waals surface area contributed by atoms with Crippen molar-refractivity contribution in [1.82, 2.24) is 4.98 Å². The number of hydrogen-bond acceptors (Lipinski definition) is 3. The molecule has 2 aromatic rings. The quantitative estimate of drug-likeness (QED) is 0.815. The first-order chi connectivity index (χ1) is 11.7. The summed E-state index contributed by atoms with van der Waals surface area (Å²) in [6.07, 6.45) is 8.20. The van der Waals surface area contributed by atoms with Crippen LogP contribution in [0.1, 0.15) is 36.8 Å². The SMILES string of the molecule is O=C1C2CCCCC2C(=O)N1c1ccc(Cc2ccncc2)cc1. The summed E-state index contributed by atoms with van der Waals surface area (Å²) in [6.45, 7) is 0. The number of anilines is 1. The molecule has 1 aromatic heterocycles. The molecule has 2 heterocycles. The van der Waals surface area contributed by atoms with E-state index in [1.807, 2.05) is 36.4 Å². The summed E-state index contributed by atoms with van der Waals surface area (Å²) >= 11 is 0. The maximum Gasteiger partial charge on any atom is 0.237 e. The molecular formula is C20H20N2O2. The van der Waals surface area contributed by atoms with Crippen LogP contribution in [0.3, 0.4) is 0 Å². The average Bonchev–Trinajstić information content (AvgIpc) is 2.88. The van der Waals surface area contributed by atoms with Crippen LogP contribution in [-0.4, -0.2) is 16.8 Å². The van der Waals surface area contributed by atoms with Crippen LogP contribution in [0.15, 0.2) is 48.8 Å². The Labute approximate surface area is 141 Å². The molecule has 0 N–H and O–H groups in total. The Morgan fingerprint density at radius 2 is 1.38 bits per heavy atom. The lowest BCUT2D eigenvalue weighted by Gasteiger charge is -2.19. The van der Waals surface area contributed by atoms with Gasteiger partial charge < -0.3 is 0 Å². The number of fused-ring (bicyclic) bond motifs is 1. The lowest BCUT2D eigenvalue weighted by molar-refractivity contribution is -0.122. The largest absolute Gasteiger partial charge is 0.274 e. The second-order valence-corrected chi connectivity index (χ2v) is 6.71. The van der Waals surface area contributed by atoms with Crippen molar-refractivity contribution in [2.75, 3.05) is 4.90 Å². The fourth-order valence-electron chi connectivity index (χ4n) is 3.92. The Bertz CT molecular complexity index is 731. The highest BCUT2D eigenvalue weighted by molar-refractivity contribution is 6.22. The number of benzene rings is 1. The molecule has 1 saturated carbocycles. The van der Waals surface area contributed by atoms with E-state index in [1.165, 1.54) is 10.5 Å². The maximum atomic E-state index is 12.6. The van der Waals surface area contributed by atoms with Crippen molar-refractivity contribution in [2.45, 2.75) is 32.1 Å². The average molecular weight is 320 g/mol. The van der Waals surface area contributed by atoms with E-state index in [0.717, 1.165) is 37.7 Å². The van der Waals surface area contributed by atoms with E-state index in [0.29, 0.717) is 5.69 Å². The van der Waals surface area contributed by atoms with E-state index in [2.05, 4.69) is 4.98 Å². The van der Waals surface area contributed by atoms with Crippen LogP contribution in [0.5, 0.6) is 0 Å². The molecule has 0 radical (unpaired) electrons. The Hall–Kier alpha value is -2.49. The van der Waals surface area contributed by atoms with Crippen LogP contribution in [0.2, 0.25) is 0 Å². The first-order valence-corrected chi connectivity index (χ1v) is 8.60. The summed E-state index contributed by atoms with van der Waals surface area (Å²) in [5, 5.41) is 0. The lowest BCUT2D eigenvalue weighted by atomic mass is 9.81. The Morgan fingerprint density at radius 1 is 0.833 bits per heavy atom. The highest BCUT2D eigenvalue weighted by Gasteiger charge is 2.48. The van der Waals surface area contributed by atoms with Gasteiger partial charge in [0.15, 0.2) is 0 Å². The Kier molecular flexibility index (Phi) is 3.89. The molecule has 1 aliphatic carbocycles. The van der Waals surface area contributed by atoms with Gasteiger partial charge in [0, 0.05) is 12.4 Å². The van der Waals surface area contributed by atoms with Gasteiger partial charge in [-0.2, -0.15) is 0 Å². The number of hydrogen-bond donors (Lipinski definition) is 0. The zero-order valence-corrected chi connectivity index (χ0v) is 13.5. The molecule has 4 rings (SSSR count). The second-order valence-electron chi connectivity index (χ2n) is 6.71. The van der Waals surface area contributed by atoms with Gasteiger partial charge in [-0.3, -0.25) is 19.5 Å². The highest BCUT2D eigenvalue weighted by Crippen LogP contribution is 2.40. The minimum Gasteiger partial charge on any atom is -0.274 e. The standard InChI is InChI=1S/C20H20N2O2/c23-19-17-3-1-2-4-18(17)20(24)22(19)16-7-5-14(6-8-16)13-15-9-11-21-12-10-15/h5-12,17-18H,1-4,13H2. The number of aromatic nitrogens is 1. The third kappa shape index (κ3) is 2.62. The molecule has 4 nitrogen and oxygen atoms in total. The van der Waals surface area contributed by atoms with Crippen molar-refractivity contribution >= 4 is 17.5 Å². The van der Waals surface area contributed by atoms with Gasteiger partial charge in [-0.05, 0) is 54.7 Å². The number of nitrogens with zero attached hydrogens (tertiary/aromatic N) is 2. The first kappa shape index (κ1) is 15.1. The summed E-state index contributed by atoms with van der Waals surface area (Å²) in [6, 6.07) is 11.8. The number of pyridine rings is 1. The molecule has 4 heteroatoms. The van der Waals surface area contributed by atoms with Gasteiger partial charge in [0.1, 0.15) is 0 Å². The van der Waals surface area contributed by atoms with E-state index in [9.17, 15) is 9.59 Å². The lowest BCUT2D eigenvalue weighted by Crippen LogP contribution is -2.30. The molecule has 1 saturated heterocycles. The molecule has 2 amide bonds. The number of rotatable bonds is 3. The normalized spacial score (nSPS) is 23.4. The van der Waals surface area contributed by atoms with Crippen molar-refractivity contribution in [2.24, 2.45) is 11.8 Å². The van der Waals surface area contributed by atoms with Gasteiger partial charge >= 0.3 is 0 Å². The monoisotopic (exact) mass is 320 g/mol. The summed E-state index contributed by atoms with van der Waals surface area (Å²) in [7, 11) is 0. The van der Waals surface area contributed by atoms with Gasteiger partial charge in [-0.25, -0.2) is 0 Å². The summed E-state index contributed by atoms with van der Waals surface area (Å²) in [5.41, 5.74) is 3.05. The molecule has 2 atom stereocenters. The Morgan fingerprint density at radius 3 is 1.96 bits per heavy atom. The predicted molar refractivity (Wildman–Crippen MR) is 91.4 cm³/mol. The smallest absolute Gasteiger partial charge is 0.237 e. The molecule has 0 bridgehead atoms. The topological polar surface area (TPSA) is 50.3 Å². The van der Waals surface area contributed by atoms with Crippen LogP contribution in [0, 0.1) is 11.8 Å². The van der Waals surface area contributed by atoms with Crippen LogP contribution >= 0.6 is 0 Å². The van der Waals surface area contributed by atoms with Crippen molar-refractivity contribution in [3.63, 3.8) is 0 Å². The molecule has 1 aromatic carbocycles. The maximum absolute atomic E-state index is 12.6. The van der Waals surface area contributed by atoms with E-state index < -0.39 is 0 Å². The Balaban J connectivity index is 1.54. The molecule has 2 fully saturated rings. The fourth-order valence-corrected chi connectivity index (χ4v) is 3.92. The number of imide groups is 1. The van der Waals surface area contributed by atoms with E-state index in [4.69, 9.17) is 0 Å². The highest BCUT2D eigenvalue weighted by atomic mass is 16.2. The van der Waals surface area contributed by atoms with E-state index in [1.54, 1.807) is 12.4 Å². The molecule has 122 valence electrons. The molecule has 24 heavy (non-hydrogen) atoms. The zero-order chi connectivity index (χ0) is 16.5. The van der Waals surface area contributed by atoms with Gasteiger partial charge in [-0.1, -0.05) is 25.0 Å². The minimum atomic E-state index is -0.0947. The number of carbonyl (C=O) groups is 2. The summed E-state index contributed by atoms with van der Waals surface area (Å²) in [5.74, 6) is -0.205. The van der Waals surface area contributed by atoms with Crippen LogP contribution in [-0.2, 0) is 16.0 Å². The molecule has 0 spiro atoms. The predicted octanol–water partition coefficient (Wildman–Crippen LogP) is 3.35.